The van der Waals surface area contributed by atoms with Crippen LogP contribution in [-0.4, -0.2) is 108 Å². The van der Waals surface area contributed by atoms with Crippen LogP contribution < -0.4 is 0 Å². The van der Waals surface area contributed by atoms with Gasteiger partial charge in [0.2, 0.25) is 0 Å². The molecule has 9 heteroatoms. The van der Waals surface area contributed by atoms with Gasteiger partial charge in [0.25, 0.3) is 0 Å². The second kappa shape index (κ2) is 17.1. The van der Waals surface area contributed by atoms with Gasteiger partial charge in [0, 0.05) is 32.5 Å². The summed E-state index contributed by atoms with van der Waals surface area (Å²) in [5.74, 6) is 1.87. The molecule has 0 aliphatic carbocycles. The van der Waals surface area contributed by atoms with Crippen molar-refractivity contribution in [1.29, 1.82) is 0 Å². The predicted octanol–water partition coefficient (Wildman–Crippen LogP) is 4.19. The van der Waals surface area contributed by atoms with Crippen LogP contribution >= 0.6 is 0 Å². The number of unbranched alkanes of at least 4 members (excludes halogenated alkanes) is 1. The Labute approximate surface area is 241 Å². The maximum absolute atomic E-state index is 13.1. The molecule has 40 heavy (non-hydrogen) atoms. The minimum Gasteiger partial charge on any atom is -0.465 e. The van der Waals surface area contributed by atoms with E-state index in [9.17, 15) is 4.79 Å². The number of H-pyrrole nitrogens is 1. The summed E-state index contributed by atoms with van der Waals surface area (Å²) in [4.78, 5) is 34.7. The van der Waals surface area contributed by atoms with Gasteiger partial charge in [-0.05, 0) is 77.0 Å². The number of nitrogens with one attached hydrogen (secondary N) is 1. The van der Waals surface area contributed by atoms with Gasteiger partial charge < -0.3 is 19.5 Å². The maximum atomic E-state index is 13.1. The molecule has 1 aliphatic heterocycles. The van der Waals surface area contributed by atoms with Crippen LogP contribution in [0.3, 0.4) is 0 Å². The lowest BCUT2D eigenvalue weighted by molar-refractivity contribution is -0.149. The second-order valence-electron chi connectivity index (χ2n) is 10.8. The molecule has 9 nitrogen and oxygen atoms in total. The van der Waals surface area contributed by atoms with Crippen molar-refractivity contribution >= 4 is 11.8 Å². The third-order valence-corrected chi connectivity index (χ3v) is 7.43. The summed E-state index contributed by atoms with van der Waals surface area (Å²) < 4.78 is 5.50. The van der Waals surface area contributed by atoms with Crippen molar-refractivity contribution in [2.45, 2.75) is 65.6 Å². The van der Waals surface area contributed by atoms with E-state index < -0.39 is 6.04 Å². The van der Waals surface area contributed by atoms with Crippen LogP contribution in [0.2, 0.25) is 0 Å². The molecule has 1 atom stereocenters. The molecule has 222 valence electrons. The molecular formula is C31H51N7O2. The zero-order valence-corrected chi connectivity index (χ0v) is 25.4. The van der Waals surface area contributed by atoms with Crippen molar-refractivity contribution in [2.24, 2.45) is 4.99 Å². The molecule has 2 heterocycles. The van der Waals surface area contributed by atoms with Gasteiger partial charge >= 0.3 is 5.97 Å². The van der Waals surface area contributed by atoms with Crippen LogP contribution in [0.1, 0.15) is 69.4 Å². The van der Waals surface area contributed by atoms with E-state index in [4.69, 9.17) is 9.73 Å². The molecule has 0 bridgehead atoms. The fourth-order valence-electron chi connectivity index (χ4n) is 5.36. The molecule has 0 saturated heterocycles. The van der Waals surface area contributed by atoms with Crippen LogP contribution in [0.25, 0.3) is 0 Å². The monoisotopic (exact) mass is 553 g/mol. The van der Waals surface area contributed by atoms with Crippen molar-refractivity contribution in [3.8, 4) is 0 Å². The third-order valence-electron chi connectivity index (χ3n) is 7.43. The van der Waals surface area contributed by atoms with Gasteiger partial charge in [-0.2, -0.15) is 0 Å². The average molecular weight is 554 g/mol. The zero-order chi connectivity index (χ0) is 28.7. The second-order valence-corrected chi connectivity index (χ2v) is 10.8. The summed E-state index contributed by atoms with van der Waals surface area (Å²) in [5, 5.41) is 0. The molecule has 2 aromatic rings. The lowest BCUT2D eigenvalue weighted by atomic mass is 10.0. The topological polar surface area (TPSA) is 80.3 Å². The SMILES string of the molecule is CCCN(CCC)CCCCN(C)C(C(=O)OCC)c1ccc(CN(CC2=NCCN2C)Cc2ncc[nH]2)cc1. The highest BCUT2D eigenvalue weighted by atomic mass is 16.5. The predicted molar refractivity (Wildman–Crippen MR) is 162 cm³/mol. The Kier molecular flexibility index (Phi) is 13.6. The highest BCUT2D eigenvalue weighted by Crippen LogP contribution is 2.23. The number of imidazole rings is 1. The molecule has 1 unspecified atom stereocenters. The van der Waals surface area contributed by atoms with E-state index in [1.54, 1.807) is 6.20 Å². The molecule has 1 aliphatic rings. The number of hydrogen-bond donors (Lipinski definition) is 1. The maximum Gasteiger partial charge on any atom is 0.327 e. The van der Waals surface area contributed by atoms with Gasteiger partial charge in [-0.15, -0.1) is 0 Å². The molecule has 3 rings (SSSR count). The molecule has 0 amide bonds. The summed E-state index contributed by atoms with van der Waals surface area (Å²) in [6.45, 7) is 15.1. The quantitative estimate of drug-likeness (QED) is 0.206. The number of likely N-dealkylation sites (N-methyl/N-ethyl adjacent to an activating group) is 2. The van der Waals surface area contributed by atoms with Crippen LogP contribution in [0.15, 0.2) is 41.7 Å². The molecular weight excluding hydrogens is 502 g/mol. The smallest absolute Gasteiger partial charge is 0.327 e. The van der Waals surface area contributed by atoms with Crippen molar-refractivity contribution in [1.82, 2.24) is 29.6 Å². The number of amidine groups is 1. The molecule has 0 radical (unpaired) electrons. The van der Waals surface area contributed by atoms with E-state index in [0.29, 0.717) is 13.2 Å². The molecule has 0 saturated carbocycles. The summed E-state index contributed by atoms with van der Waals surface area (Å²) in [5.41, 5.74) is 2.16. The standard InChI is InChI=1S/C31H51N7O2/c1-6-18-37(19-7-2)21-10-9-20-36(5)30(31(39)40-8-3)27-13-11-26(12-14-27)23-38(24-28-32-15-16-33-28)25-29-34-17-22-35(29)4/h11-16,30H,6-10,17-25H2,1-5H3,(H,32,33). The number of nitrogens with zero attached hydrogens (tertiary/aromatic N) is 6. The number of benzene rings is 1. The molecule has 1 N–H and O–H groups in total. The van der Waals surface area contributed by atoms with Gasteiger partial charge in [0.05, 0.1) is 26.2 Å². The fourth-order valence-corrected chi connectivity index (χ4v) is 5.36. The Balaban J connectivity index is 1.64. The number of esters is 1. The van der Waals surface area contributed by atoms with E-state index in [1.165, 1.54) is 18.4 Å². The number of aromatic nitrogens is 2. The Morgan fingerprint density at radius 3 is 2.33 bits per heavy atom. The number of carbonyl (C=O) groups is 1. The van der Waals surface area contributed by atoms with Crippen molar-refractivity contribution in [2.75, 3.05) is 66.5 Å². The van der Waals surface area contributed by atoms with Gasteiger partial charge in [0.15, 0.2) is 0 Å². The summed E-state index contributed by atoms with van der Waals surface area (Å²) in [6.07, 6.45) is 8.21. The Morgan fingerprint density at radius 2 is 1.73 bits per heavy atom. The van der Waals surface area contributed by atoms with Crippen molar-refractivity contribution in [3.05, 3.63) is 53.6 Å². The number of carbonyl (C=O) groups excluding carboxylic acids is 1. The van der Waals surface area contributed by atoms with Crippen LogP contribution in [-0.2, 0) is 22.6 Å². The van der Waals surface area contributed by atoms with Crippen molar-refractivity contribution in [3.63, 3.8) is 0 Å². The van der Waals surface area contributed by atoms with E-state index in [-0.39, 0.29) is 5.97 Å². The van der Waals surface area contributed by atoms with Gasteiger partial charge in [-0.1, -0.05) is 38.1 Å². The first kappa shape index (κ1) is 31.8. The van der Waals surface area contributed by atoms with E-state index in [1.807, 2.05) is 20.2 Å². The highest BCUT2D eigenvalue weighted by Gasteiger charge is 2.26. The third kappa shape index (κ3) is 10.0. The van der Waals surface area contributed by atoms with E-state index in [0.717, 1.165) is 82.4 Å². The molecule has 1 aromatic heterocycles. The first-order valence-corrected chi connectivity index (χ1v) is 15.1. The Morgan fingerprint density at radius 1 is 1.00 bits per heavy atom. The van der Waals surface area contributed by atoms with Crippen LogP contribution in [0.5, 0.6) is 0 Å². The normalized spacial score (nSPS) is 14.4. The molecule has 1 aromatic carbocycles. The Bertz CT molecular complexity index is 1000. The minimum atomic E-state index is -0.405. The lowest BCUT2D eigenvalue weighted by Crippen LogP contribution is -2.36. The minimum absolute atomic E-state index is 0.182. The van der Waals surface area contributed by atoms with Crippen molar-refractivity contribution < 1.29 is 9.53 Å². The summed E-state index contributed by atoms with van der Waals surface area (Å²) >= 11 is 0. The van der Waals surface area contributed by atoms with Gasteiger partial charge in [0.1, 0.15) is 17.7 Å². The number of aromatic amines is 1. The van der Waals surface area contributed by atoms with E-state index in [2.05, 4.69) is 74.7 Å². The highest BCUT2D eigenvalue weighted by molar-refractivity contribution is 5.85. The average Bonchev–Trinajstić information content (AvgIpc) is 3.60. The number of rotatable bonds is 19. The molecule has 0 fully saturated rings. The van der Waals surface area contributed by atoms with Gasteiger partial charge in [-0.25, -0.2) is 9.78 Å². The van der Waals surface area contributed by atoms with Crippen LogP contribution in [0, 0.1) is 0 Å². The largest absolute Gasteiger partial charge is 0.465 e. The summed E-state index contributed by atoms with van der Waals surface area (Å²) in [6, 6.07) is 8.04. The summed E-state index contributed by atoms with van der Waals surface area (Å²) in [7, 11) is 4.14. The lowest BCUT2D eigenvalue weighted by Gasteiger charge is -2.28. The van der Waals surface area contributed by atoms with Gasteiger partial charge in [-0.3, -0.25) is 14.8 Å². The molecule has 0 spiro atoms. The number of aliphatic imine (C=N–C) groups is 1. The first-order valence-electron chi connectivity index (χ1n) is 15.1. The van der Waals surface area contributed by atoms with Crippen LogP contribution in [0.4, 0.5) is 0 Å². The zero-order valence-electron chi connectivity index (χ0n) is 25.4. The number of hydrogen-bond acceptors (Lipinski definition) is 8. The number of ether oxygens (including phenoxy) is 1. The Hall–Kier alpha value is -2.75. The first-order chi connectivity index (χ1) is 19.4. The fraction of sp³-hybridized carbons (Fsp3) is 0.645. The van der Waals surface area contributed by atoms with E-state index >= 15 is 0 Å².